The van der Waals surface area contributed by atoms with Gasteiger partial charge < -0.3 is 4.74 Å². The third-order valence-corrected chi connectivity index (χ3v) is 3.20. The van der Waals surface area contributed by atoms with Gasteiger partial charge in [0.1, 0.15) is 12.4 Å². The van der Waals surface area contributed by atoms with E-state index in [1.807, 2.05) is 24.3 Å². The summed E-state index contributed by atoms with van der Waals surface area (Å²) in [6.07, 6.45) is 0. The van der Waals surface area contributed by atoms with Gasteiger partial charge in [0, 0.05) is 5.02 Å². The Kier molecular flexibility index (Phi) is 4.24. The lowest BCUT2D eigenvalue weighted by Gasteiger charge is -2.08. The molecule has 0 heterocycles. The molecule has 0 saturated carbocycles. The van der Waals surface area contributed by atoms with E-state index in [9.17, 15) is 0 Å². The average molecular weight is 323 g/mol. The Balaban J connectivity index is 2.09. The fourth-order valence-electron chi connectivity index (χ4n) is 1.48. The maximum atomic E-state index is 8.77. The monoisotopic (exact) mass is 321 g/mol. The molecule has 2 rings (SSSR count). The first-order valence-electron chi connectivity index (χ1n) is 5.26. The van der Waals surface area contributed by atoms with Crippen molar-refractivity contribution in [3.8, 4) is 11.8 Å². The van der Waals surface area contributed by atoms with Crippen LogP contribution in [0.2, 0.25) is 5.02 Å². The van der Waals surface area contributed by atoms with Gasteiger partial charge in [0.25, 0.3) is 0 Å². The predicted octanol–water partition coefficient (Wildman–Crippen LogP) is 4.55. The Labute approximate surface area is 119 Å². The number of nitrogens with zero attached hydrogens (tertiary/aromatic N) is 1. The smallest absolute Gasteiger partial charge is 0.134 e. The van der Waals surface area contributed by atoms with Crippen LogP contribution in [-0.4, -0.2) is 0 Å². The van der Waals surface area contributed by atoms with Gasteiger partial charge in [-0.3, -0.25) is 0 Å². The molecule has 0 aliphatic rings. The molecule has 0 aliphatic carbocycles. The number of nitriles is 1. The van der Waals surface area contributed by atoms with E-state index in [0.29, 0.717) is 22.9 Å². The van der Waals surface area contributed by atoms with E-state index in [0.717, 1.165) is 10.0 Å². The zero-order valence-corrected chi connectivity index (χ0v) is 11.7. The van der Waals surface area contributed by atoms with Crippen molar-refractivity contribution in [3.63, 3.8) is 0 Å². The van der Waals surface area contributed by atoms with Crippen molar-refractivity contribution < 1.29 is 4.74 Å². The van der Waals surface area contributed by atoms with Crippen LogP contribution in [0.4, 0.5) is 0 Å². The SMILES string of the molecule is N#Cc1ccc(OCc2cccc(Cl)c2)c(Br)c1. The second-order valence-electron chi connectivity index (χ2n) is 3.68. The standard InChI is InChI=1S/C14H9BrClNO/c15-13-7-10(8-17)4-5-14(13)18-9-11-2-1-3-12(16)6-11/h1-7H,9H2. The summed E-state index contributed by atoms with van der Waals surface area (Å²) in [5, 5.41) is 9.45. The highest BCUT2D eigenvalue weighted by Crippen LogP contribution is 2.26. The van der Waals surface area contributed by atoms with Crippen LogP contribution in [0.1, 0.15) is 11.1 Å². The number of halogens is 2. The molecule has 0 bridgehead atoms. The highest BCUT2D eigenvalue weighted by Gasteiger charge is 2.03. The van der Waals surface area contributed by atoms with E-state index < -0.39 is 0 Å². The lowest BCUT2D eigenvalue weighted by Crippen LogP contribution is -1.96. The van der Waals surface area contributed by atoms with Crippen molar-refractivity contribution in [1.29, 1.82) is 5.26 Å². The maximum absolute atomic E-state index is 8.77. The highest BCUT2D eigenvalue weighted by molar-refractivity contribution is 9.10. The first kappa shape index (κ1) is 12.9. The molecule has 18 heavy (non-hydrogen) atoms. The molecule has 2 nitrogen and oxygen atoms in total. The maximum Gasteiger partial charge on any atom is 0.134 e. The molecule has 2 aromatic carbocycles. The molecular weight excluding hydrogens is 314 g/mol. The fourth-order valence-corrected chi connectivity index (χ4v) is 2.18. The number of hydrogen-bond donors (Lipinski definition) is 0. The van der Waals surface area contributed by atoms with Gasteiger partial charge in [-0.2, -0.15) is 5.26 Å². The van der Waals surface area contributed by atoms with Gasteiger partial charge in [-0.1, -0.05) is 23.7 Å². The highest BCUT2D eigenvalue weighted by atomic mass is 79.9. The molecular formula is C14H9BrClNO. The van der Waals surface area contributed by atoms with Crippen molar-refractivity contribution in [1.82, 2.24) is 0 Å². The van der Waals surface area contributed by atoms with Crippen LogP contribution in [-0.2, 0) is 6.61 Å². The summed E-state index contributed by atoms with van der Waals surface area (Å²) in [4.78, 5) is 0. The molecule has 0 saturated heterocycles. The van der Waals surface area contributed by atoms with Gasteiger partial charge in [-0.05, 0) is 51.8 Å². The second kappa shape index (κ2) is 5.90. The molecule has 4 heteroatoms. The van der Waals surface area contributed by atoms with Crippen LogP contribution in [0.25, 0.3) is 0 Å². The molecule has 0 atom stereocenters. The molecule has 90 valence electrons. The molecule has 0 radical (unpaired) electrons. The number of benzene rings is 2. The summed E-state index contributed by atoms with van der Waals surface area (Å²) < 4.78 is 6.43. The van der Waals surface area contributed by atoms with Gasteiger partial charge in [0.15, 0.2) is 0 Å². The van der Waals surface area contributed by atoms with Crippen LogP contribution in [0.3, 0.4) is 0 Å². The zero-order valence-electron chi connectivity index (χ0n) is 9.36. The Hall–Kier alpha value is -1.50. The Bertz CT molecular complexity index is 607. The summed E-state index contributed by atoms with van der Waals surface area (Å²) in [5.74, 6) is 0.703. The van der Waals surface area contributed by atoms with E-state index in [1.54, 1.807) is 18.2 Å². The van der Waals surface area contributed by atoms with E-state index in [4.69, 9.17) is 21.6 Å². The molecule has 0 spiro atoms. The number of rotatable bonds is 3. The molecule has 0 aliphatic heterocycles. The van der Waals surface area contributed by atoms with Gasteiger partial charge in [0.2, 0.25) is 0 Å². The van der Waals surface area contributed by atoms with Crippen LogP contribution < -0.4 is 4.74 Å². The largest absolute Gasteiger partial charge is 0.488 e. The lowest BCUT2D eigenvalue weighted by molar-refractivity contribution is 0.304. The molecule has 0 amide bonds. The molecule has 0 fully saturated rings. The summed E-state index contributed by atoms with van der Waals surface area (Å²) in [7, 11) is 0. The van der Waals surface area contributed by atoms with Gasteiger partial charge >= 0.3 is 0 Å². The van der Waals surface area contributed by atoms with Gasteiger partial charge in [-0.15, -0.1) is 0 Å². The molecule has 0 unspecified atom stereocenters. The third-order valence-electron chi connectivity index (χ3n) is 2.34. The minimum Gasteiger partial charge on any atom is -0.488 e. The predicted molar refractivity (Wildman–Crippen MR) is 74.6 cm³/mol. The average Bonchev–Trinajstić information content (AvgIpc) is 2.37. The van der Waals surface area contributed by atoms with Crippen LogP contribution in [0.15, 0.2) is 46.9 Å². The summed E-state index contributed by atoms with van der Waals surface area (Å²) in [5.41, 5.74) is 1.59. The van der Waals surface area contributed by atoms with E-state index in [-0.39, 0.29) is 0 Å². The second-order valence-corrected chi connectivity index (χ2v) is 4.97. The molecule has 0 N–H and O–H groups in total. The van der Waals surface area contributed by atoms with Crippen molar-refractivity contribution in [3.05, 3.63) is 63.1 Å². The first-order valence-corrected chi connectivity index (χ1v) is 6.43. The number of hydrogen-bond acceptors (Lipinski definition) is 2. The first-order chi connectivity index (χ1) is 8.69. The lowest BCUT2D eigenvalue weighted by atomic mass is 10.2. The summed E-state index contributed by atoms with van der Waals surface area (Å²) >= 11 is 9.27. The molecule has 0 aromatic heterocycles. The van der Waals surface area contributed by atoms with Crippen molar-refractivity contribution in [2.45, 2.75) is 6.61 Å². The normalized spacial score (nSPS) is 9.83. The van der Waals surface area contributed by atoms with Crippen molar-refractivity contribution >= 4 is 27.5 Å². The van der Waals surface area contributed by atoms with Crippen LogP contribution >= 0.6 is 27.5 Å². The van der Waals surface area contributed by atoms with Gasteiger partial charge in [0.05, 0.1) is 16.1 Å². The minimum atomic E-state index is 0.436. The van der Waals surface area contributed by atoms with E-state index >= 15 is 0 Å². The van der Waals surface area contributed by atoms with E-state index in [1.165, 1.54) is 0 Å². The van der Waals surface area contributed by atoms with Crippen LogP contribution in [0.5, 0.6) is 5.75 Å². The third kappa shape index (κ3) is 3.25. The van der Waals surface area contributed by atoms with Gasteiger partial charge in [-0.25, -0.2) is 0 Å². The topological polar surface area (TPSA) is 33.0 Å². The zero-order chi connectivity index (χ0) is 13.0. The Morgan fingerprint density at radius 1 is 1.22 bits per heavy atom. The molecule has 2 aromatic rings. The quantitative estimate of drug-likeness (QED) is 0.830. The summed E-state index contributed by atoms with van der Waals surface area (Å²) in [6.45, 7) is 0.436. The Morgan fingerprint density at radius 2 is 2.06 bits per heavy atom. The summed E-state index contributed by atoms with van der Waals surface area (Å²) in [6, 6.07) is 14.8. The minimum absolute atomic E-state index is 0.436. The number of ether oxygens (including phenoxy) is 1. The van der Waals surface area contributed by atoms with E-state index in [2.05, 4.69) is 22.0 Å². The van der Waals surface area contributed by atoms with Crippen molar-refractivity contribution in [2.75, 3.05) is 0 Å². The Morgan fingerprint density at radius 3 is 2.72 bits per heavy atom. The van der Waals surface area contributed by atoms with Crippen molar-refractivity contribution in [2.24, 2.45) is 0 Å². The van der Waals surface area contributed by atoms with Crippen LogP contribution in [0, 0.1) is 11.3 Å². The fraction of sp³-hybridized carbons (Fsp3) is 0.0714.